The van der Waals surface area contributed by atoms with Gasteiger partial charge in [-0.2, -0.15) is 0 Å². The lowest BCUT2D eigenvalue weighted by Crippen LogP contribution is -2.01. The fourth-order valence-corrected chi connectivity index (χ4v) is 1.02. The molecule has 5 heteroatoms. The van der Waals surface area contributed by atoms with Crippen LogP contribution >= 0.6 is 0 Å². The quantitative estimate of drug-likeness (QED) is 0.285. The molecule has 0 saturated carbocycles. The first-order valence-corrected chi connectivity index (χ1v) is 4.48. The third-order valence-corrected chi connectivity index (χ3v) is 1.86. The molecule has 0 rings (SSSR count). The van der Waals surface area contributed by atoms with Crippen LogP contribution in [-0.4, -0.2) is 18.0 Å². The van der Waals surface area contributed by atoms with Crippen molar-refractivity contribution in [3.05, 3.63) is 21.9 Å². The molecule has 0 heterocycles. The zero-order valence-electron chi connectivity index (χ0n) is 8.49. The lowest BCUT2D eigenvalue weighted by molar-refractivity contribution is -0.428. The van der Waals surface area contributed by atoms with Gasteiger partial charge in [-0.15, -0.1) is 0 Å². The van der Waals surface area contributed by atoms with Crippen LogP contribution in [0, 0.1) is 10.1 Å². The van der Waals surface area contributed by atoms with Gasteiger partial charge in [-0.05, 0) is 25.8 Å². The van der Waals surface area contributed by atoms with Crippen LogP contribution in [0.2, 0.25) is 0 Å². The van der Waals surface area contributed by atoms with Crippen LogP contribution < -0.4 is 0 Å². The predicted octanol–water partition coefficient (Wildman–Crippen LogP) is 1.90. The molecule has 0 aromatic heterocycles. The van der Waals surface area contributed by atoms with E-state index in [1.807, 2.05) is 0 Å². The molecule has 0 bridgehead atoms. The number of rotatable bonds is 6. The standard InChI is InChI=1S/C9H15NO4/c1-3-8(10(12)13)6-4-5-7-9(11)14-2/h3H,4-7H2,1-2H3/b8-3+. The second-order valence-corrected chi connectivity index (χ2v) is 2.82. The van der Waals surface area contributed by atoms with Gasteiger partial charge in [0.1, 0.15) is 0 Å². The van der Waals surface area contributed by atoms with Gasteiger partial charge in [0, 0.05) is 12.8 Å². The molecule has 0 saturated heterocycles. The van der Waals surface area contributed by atoms with E-state index in [1.165, 1.54) is 13.2 Å². The van der Waals surface area contributed by atoms with Crippen LogP contribution in [0.3, 0.4) is 0 Å². The molecule has 0 spiro atoms. The van der Waals surface area contributed by atoms with Gasteiger partial charge in [0.05, 0.1) is 12.0 Å². The molecule has 0 amide bonds. The molecule has 0 aliphatic carbocycles. The molecular formula is C9H15NO4. The lowest BCUT2D eigenvalue weighted by Gasteiger charge is -1.98. The maximum Gasteiger partial charge on any atom is 0.305 e. The summed E-state index contributed by atoms with van der Waals surface area (Å²) >= 11 is 0. The molecule has 0 aliphatic heterocycles. The van der Waals surface area contributed by atoms with E-state index in [-0.39, 0.29) is 11.7 Å². The zero-order chi connectivity index (χ0) is 11.0. The van der Waals surface area contributed by atoms with Crippen molar-refractivity contribution in [2.45, 2.75) is 32.6 Å². The topological polar surface area (TPSA) is 69.4 Å². The Kier molecular flexibility index (Phi) is 6.36. The Bertz CT molecular complexity index is 235. The van der Waals surface area contributed by atoms with E-state index in [0.29, 0.717) is 25.7 Å². The third-order valence-electron chi connectivity index (χ3n) is 1.86. The predicted molar refractivity (Wildman–Crippen MR) is 51.2 cm³/mol. The fourth-order valence-electron chi connectivity index (χ4n) is 1.02. The van der Waals surface area contributed by atoms with Crippen molar-refractivity contribution in [2.24, 2.45) is 0 Å². The summed E-state index contributed by atoms with van der Waals surface area (Å²) in [5.74, 6) is -0.270. The van der Waals surface area contributed by atoms with Crippen molar-refractivity contribution in [3.8, 4) is 0 Å². The molecule has 0 radical (unpaired) electrons. The van der Waals surface area contributed by atoms with Crippen LogP contribution in [0.25, 0.3) is 0 Å². The average Bonchev–Trinajstić information content (AvgIpc) is 2.16. The minimum atomic E-state index is -0.391. The van der Waals surface area contributed by atoms with Crippen LogP contribution in [0.4, 0.5) is 0 Å². The fraction of sp³-hybridized carbons (Fsp3) is 0.667. The zero-order valence-corrected chi connectivity index (χ0v) is 8.49. The summed E-state index contributed by atoms with van der Waals surface area (Å²) in [6.45, 7) is 1.64. The first-order valence-electron chi connectivity index (χ1n) is 4.48. The highest BCUT2D eigenvalue weighted by molar-refractivity contribution is 5.68. The molecule has 14 heavy (non-hydrogen) atoms. The molecular weight excluding hydrogens is 186 g/mol. The first kappa shape index (κ1) is 12.6. The number of nitro groups is 1. The number of hydrogen-bond donors (Lipinski definition) is 0. The van der Waals surface area contributed by atoms with Crippen molar-refractivity contribution in [1.29, 1.82) is 0 Å². The Hall–Kier alpha value is -1.39. The third kappa shape index (κ3) is 5.29. The van der Waals surface area contributed by atoms with E-state index in [1.54, 1.807) is 6.92 Å². The molecule has 0 unspecified atom stereocenters. The summed E-state index contributed by atoms with van der Waals surface area (Å²) in [4.78, 5) is 20.7. The summed E-state index contributed by atoms with van der Waals surface area (Å²) in [6.07, 6.45) is 3.47. The minimum absolute atomic E-state index is 0.204. The number of carbonyl (C=O) groups excluding carboxylic acids is 1. The molecule has 0 fully saturated rings. The average molecular weight is 201 g/mol. The molecule has 0 atom stereocenters. The summed E-state index contributed by atoms with van der Waals surface area (Å²) < 4.78 is 4.44. The largest absolute Gasteiger partial charge is 0.469 e. The van der Waals surface area contributed by atoms with Gasteiger partial charge < -0.3 is 4.74 Å². The van der Waals surface area contributed by atoms with Gasteiger partial charge in [-0.1, -0.05) is 0 Å². The van der Waals surface area contributed by atoms with Gasteiger partial charge in [-0.3, -0.25) is 14.9 Å². The van der Waals surface area contributed by atoms with E-state index in [2.05, 4.69) is 4.74 Å². The van der Waals surface area contributed by atoms with Crippen LogP contribution in [-0.2, 0) is 9.53 Å². The van der Waals surface area contributed by atoms with Gasteiger partial charge >= 0.3 is 5.97 Å². The van der Waals surface area contributed by atoms with E-state index in [4.69, 9.17) is 0 Å². The van der Waals surface area contributed by atoms with Gasteiger partial charge in [0.15, 0.2) is 0 Å². The van der Waals surface area contributed by atoms with E-state index >= 15 is 0 Å². The Balaban J connectivity index is 3.63. The number of nitrogens with zero attached hydrogens (tertiary/aromatic N) is 1. The summed E-state index contributed by atoms with van der Waals surface area (Å²) in [6, 6.07) is 0. The number of ether oxygens (including phenoxy) is 1. The van der Waals surface area contributed by atoms with Gasteiger partial charge in [0.2, 0.25) is 5.70 Å². The maximum atomic E-state index is 10.7. The SMILES string of the molecule is C/C=C(\CCCCC(=O)OC)[N+](=O)[O-]. The molecule has 0 N–H and O–H groups in total. The first-order chi connectivity index (χ1) is 6.61. The number of carbonyl (C=O) groups is 1. The van der Waals surface area contributed by atoms with Crippen LogP contribution in [0.5, 0.6) is 0 Å². The Morgan fingerprint density at radius 3 is 2.43 bits per heavy atom. The number of esters is 1. The Labute approximate surface area is 82.9 Å². The number of unbranched alkanes of at least 4 members (excludes halogenated alkanes) is 1. The Morgan fingerprint density at radius 2 is 2.00 bits per heavy atom. The second-order valence-electron chi connectivity index (χ2n) is 2.82. The summed E-state index contributed by atoms with van der Waals surface area (Å²) in [5, 5.41) is 10.4. The summed E-state index contributed by atoms with van der Waals surface area (Å²) in [5.41, 5.74) is 0.204. The monoisotopic (exact) mass is 201 g/mol. The lowest BCUT2D eigenvalue weighted by atomic mass is 10.1. The van der Waals surface area contributed by atoms with E-state index < -0.39 is 4.92 Å². The number of hydrogen-bond acceptors (Lipinski definition) is 4. The van der Waals surface area contributed by atoms with Crippen molar-refractivity contribution < 1.29 is 14.5 Å². The van der Waals surface area contributed by atoms with Crippen LogP contribution in [0.15, 0.2) is 11.8 Å². The van der Waals surface area contributed by atoms with Crippen molar-refractivity contribution in [2.75, 3.05) is 7.11 Å². The molecule has 0 aromatic carbocycles. The minimum Gasteiger partial charge on any atom is -0.469 e. The number of methoxy groups -OCH3 is 1. The molecule has 0 aliphatic rings. The smallest absolute Gasteiger partial charge is 0.305 e. The van der Waals surface area contributed by atoms with Crippen LogP contribution in [0.1, 0.15) is 32.6 Å². The van der Waals surface area contributed by atoms with Crippen molar-refractivity contribution in [1.82, 2.24) is 0 Å². The highest BCUT2D eigenvalue weighted by atomic mass is 16.6. The molecule has 5 nitrogen and oxygen atoms in total. The van der Waals surface area contributed by atoms with Crippen molar-refractivity contribution in [3.63, 3.8) is 0 Å². The Morgan fingerprint density at radius 1 is 1.43 bits per heavy atom. The summed E-state index contributed by atoms with van der Waals surface area (Å²) in [7, 11) is 1.33. The molecule has 0 aromatic rings. The normalized spacial score (nSPS) is 11.1. The second kappa shape index (κ2) is 7.06. The van der Waals surface area contributed by atoms with Gasteiger partial charge in [0.25, 0.3) is 0 Å². The highest BCUT2D eigenvalue weighted by Gasteiger charge is 2.08. The molecule has 80 valence electrons. The van der Waals surface area contributed by atoms with Crippen molar-refractivity contribution >= 4 is 5.97 Å². The van der Waals surface area contributed by atoms with Gasteiger partial charge in [-0.25, -0.2) is 0 Å². The van der Waals surface area contributed by atoms with E-state index in [0.717, 1.165) is 0 Å². The van der Waals surface area contributed by atoms with E-state index in [9.17, 15) is 14.9 Å². The number of allylic oxidation sites excluding steroid dienone is 2. The maximum absolute atomic E-state index is 10.7. The highest BCUT2D eigenvalue weighted by Crippen LogP contribution is 2.09.